The molecule has 3 aromatic carbocycles. The van der Waals surface area contributed by atoms with Crippen LogP contribution >= 0.6 is 24.0 Å². The molecule has 0 atom stereocenters. The average molecular weight is 495 g/mol. The lowest BCUT2D eigenvalue weighted by Crippen LogP contribution is -2.08. The molecule has 0 unspecified atom stereocenters. The van der Waals surface area contributed by atoms with Crippen LogP contribution in [-0.4, -0.2) is 16.6 Å². The van der Waals surface area contributed by atoms with Crippen molar-refractivity contribution in [2.24, 2.45) is 0 Å². The van der Waals surface area contributed by atoms with Crippen LogP contribution in [0.15, 0.2) is 78.9 Å². The summed E-state index contributed by atoms with van der Waals surface area (Å²) in [7, 11) is 0. The number of aromatic nitrogens is 2. The zero-order chi connectivity index (χ0) is 23.0. The Morgan fingerprint density at radius 3 is 2.35 bits per heavy atom. The maximum atomic E-state index is 6.23. The minimum absolute atomic E-state index is 0. The van der Waals surface area contributed by atoms with Crippen LogP contribution in [0, 0.1) is 0 Å². The van der Waals surface area contributed by atoms with Crippen LogP contribution in [-0.2, 0) is 19.3 Å². The number of anilines is 2. The van der Waals surface area contributed by atoms with Crippen molar-refractivity contribution >= 4 is 35.8 Å². The Labute approximate surface area is 211 Å². The quantitative estimate of drug-likeness (QED) is 0.271. The summed E-state index contributed by atoms with van der Waals surface area (Å²) >= 11 is 6.20. The van der Waals surface area contributed by atoms with Gasteiger partial charge in [-0.2, -0.15) is 4.98 Å². The van der Waals surface area contributed by atoms with Gasteiger partial charge < -0.3 is 16.2 Å². The molecule has 0 radical (unpaired) electrons. The van der Waals surface area contributed by atoms with Crippen molar-refractivity contribution in [3.8, 4) is 16.9 Å². The number of para-hydroxylation sites is 1. The van der Waals surface area contributed by atoms with Crippen LogP contribution in [0.5, 0.6) is 5.75 Å². The molecular formula is C27H28Cl2N4O. The summed E-state index contributed by atoms with van der Waals surface area (Å²) < 4.78 is 6.13. The minimum Gasteiger partial charge on any atom is -0.493 e. The summed E-state index contributed by atoms with van der Waals surface area (Å²) in [4.78, 5) is 8.66. The Kier molecular flexibility index (Phi) is 9.14. The number of ether oxygens (including phenoxy) is 1. The fourth-order valence-electron chi connectivity index (χ4n) is 3.89. The standard InChI is InChI=1S/C27H27ClN4O.ClH/c28-22-13-6-12-21(18-22)25-23(31-27(30)32-26(25)29)16-15-20-11-4-5-14-24(20)33-17-7-10-19-8-2-1-3-9-19;/h1-6,8-9,11-14,18H,7,10,15-17H2,(H4,29,30,31,32);1H. The Balaban J connectivity index is 0.00000324. The highest BCUT2D eigenvalue weighted by Gasteiger charge is 2.15. The van der Waals surface area contributed by atoms with Crippen molar-refractivity contribution < 1.29 is 4.74 Å². The van der Waals surface area contributed by atoms with Gasteiger partial charge in [-0.1, -0.05) is 72.3 Å². The summed E-state index contributed by atoms with van der Waals surface area (Å²) in [6.45, 7) is 0.660. The van der Waals surface area contributed by atoms with Gasteiger partial charge in [0.2, 0.25) is 5.95 Å². The first-order chi connectivity index (χ1) is 16.1. The summed E-state index contributed by atoms with van der Waals surface area (Å²) in [6.07, 6.45) is 3.32. The van der Waals surface area contributed by atoms with Crippen LogP contribution in [0.4, 0.5) is 11.8 Å². The first-order valence-corrected chi connectivity index (χ1v) is 11.4. The molecule has 7 heteroatoms. The highest BCUT2D eigenvalue weighted by Crippen LogP contribution is 2.31. The van der Waals surface area contributed by atoms with E-state index in [0.29, 0.717) is 23.9 Å². The van der Waals surface area contributed by atoms with Crippen LogP contribution < -0.4 is 16.2 Å². The molecule has 0 aliphatic carbocycles. The summed E-state index contributed by atoms with van der Waals surface area (Å²) in [5.41, 5.74) is 17.0. The fourth-order valence-corrected chi connectivity index (χ4v) is 4.08. The lowest BCUT2D eigenvalue weighted by atomic mass is 9.99. The summed E-state index contributed by atoms with van der Waals surface area (Å²) in [5.74, 6) is 1.41. The number of rotatable bonds is 9. The van der Waals surface area contributed by atoms with E-state index in [2.05, 4.69) is 40.3 Å². The maximum Gasteiger partial charge on any atom is 0.222 e. The van der Waals surface area contributed by atoms with E-state index in [4.69, 9.17) is 27.8 Å². The number of hydrogen-bond acceptors (Lipinski definition) is 5. The molecule has 0 saturated carbocycles. The van der Waals surface area contributed by atoms with Crippen LogP contribution in [0.2, 0.25) is 5.02 Å². The van der Waals surface area contributed by atoms with E-state index < -0.39 is 0 Å². The van der Waals surface area contributed by atoms with Gasteiger partial charge in [0.15, 0.2) is 0 Å². The monoisotopic (exact) mass is 494 g/mol. The van der Waals surface area contributed by atoms with Gasteiger partial charge in [0.05, 0.1) is 12.3 Å². The molecule has 34 heavy (non-hydrogen) atoms. The Morgan fingerprint density at radius 1 is 0.794 bits per heavy atom. The Hall–Kier alpha value is -3.28. The molecule has 0 aliphatic rings. The van der Waals surface area contributed by atoms with Gasteiger partial charge in [0, 0.05) is 10.6 Å². The maximum absolute atomic E-state index is 6.23. The van der Waals surface area contributed by atoms with Crippen LogP contribution in [0.25, 0.3) is 11.1 Å². The number of nitrogens with two attached hydrogens (primary N) is 2. The van der Waals surface area contributed by atoms with Gasteiger partial charge in [0.25, 0.3) is 0 Å². The van der Waals surface area contributed by atoms with Gasteiger partial charge in [-0.3, -0.25) is 0 Å². The fraction of sp³-hybridized carbons (Fsp3) is 0.185. The average Bonchev–Trinajstić information content (AvgIpc) is 2.81. The molecule has 1 aromatic heterocycles. The number of hydrogen-bond donors (Lipinski definition) is 2. The molecule has 0 saturated heterocycles. The molecule has 0 fully saturated rings. The zero-order valence-corrected chi connectivity index (χ0v) is 20.4. The molecule has 0 spiro atoms. The van der Waals surface area contributed by atoms with Crippen molar-refractivity contribution in [2.75, 3.05) is 18.1 Å². The van der Waals surface area contributed by atoms with Crippen molar-refractivity contribution in [1.29, 1.82) is 0 Å². The predicted molar refractivity (Wildman–Crippen MR) is 143 cm³/mol. The van der Waals surface area contributed by atoms with Crippen molar-refractivity contribution in [3.05, 3.63) is 101 Å². The van der Waals surface area contributed by atoms with E-state index in [1.165, 1.54) is 5.56 Å². The third-order valence-electron chi connectivity index (χ3n) is 5.46. The third-order valence-corrected chi connectivity index (χ3v) is 5.69. The number of nitrogens with zero attached hydrogens (tertiary/aromatic N) is 2. The molecule has 4 N–H and O–H groups in total. The first kappa shape index (κ1) is 25.3. The molecular weight excluding hydrogens is 467 g/mol. The summed E-state index contributed by atoms with van der Waals surface area (Å²) in [6, 6.07) is 26.1. The second-order valence-corrected chi connectivity index (χ2v) is 8.28. The molecule has 1 heterocycles. The van der Waals surface area contributed by atoms with Crippen molar-refractivity contribution in [2.45, 2.75) is 25.7 Å². The van der Waals surface area contributed by atoms with Gasteiger partial charge in [-0.05, 0) is 60.6 Å². The molecule has 176 valence electrons. The number of benzene rings is 3. The second-order valence-electron chi connectivity index (χ2n) is 7.84. The first-order valence-electron chi connectivity index (χ1n) is 11.0. The van der Waals surface area contributed by atoms with Gasteiger partial charge >= 0.3 is 0 Å². The molecule has 5 nitrogen and oxygen atoms in total. The predicted octanol–water partition coefficient (Wildman–Crippen LogP) is 6.18. The Bertz CT molecular complexity index is 1220. The second kappa shape index (κ2) is 12.3. The van der Waals surface area contributed by atoms with Crippen LogP contribution in [0.1, 0.15) is 23.2 Å². The van der Waals surface area contributed by atoms with E-state index in [1.807, 2.05) is 48.5 Å². The van der Waals surface area contributed by atoms with Crippen LogP contribution in [0.3, 0.4) is 0 Å². The van der Waals surface area contributed by atoms with Gasteiger partial charge in [0.1, 0.15) is 11.6 Å². The largest absolute Gasteiger partial charge is 0.493 e. The third kappa shape index (κ3) is 6.62. The summed E-state index contributed by atoms with van der Waals surface area (Å²) in [5, 5.41) is 0.629. The minimum atomic E-state index is 0. The van der Waals surface area contributed by atoms with E-state index in [9.17, 15) is 0 Å². The van der Waals surface area contributed by atoms with E-state index in [1.54, 1.807) is 0 Å². The van der Waals surface area contributed by atoms with Gasteiger partial charge in [-0.15, -0.1) is 12.4 Å². The lowest BCUT2D eigenvalue weighted by Gasteiger charge is -2.14. The SMILES string of the molecule is Cl.Nc1nc(N)c(-c2cccc(Cl)c2)c(CCc2ccccc2OCCCc2ccccc2)n1. The highest BCUT2D eigenvalue weighted by molar-refractivity contribution is 6.30. The molecule has 0 amide bonds. The van der Waals surface area contributed by atoms with Crippen molar-refractivity contribution in [3.63, 3.8) is 0 Å². The zero-order valence-electron chi connectivity index (χ0n) is 18.8. The molecule has 4 rings (SSSR count). The lowest BCUT2D eigenvalue weighted by molar-refractivity contribution is 0.308. The number of nitrogen functional groups attached to an aromatic ring is 2. The number of halogens is 2. The molecule has 0 bridgehead atoms. The smallest absolute Gasteiger partial charge is 0.222 e. The number of aryl methyl sites for hydroxylation is 3. The van der Waals surface area contributed by atoms with E-state index >= 15 is 0 Å². The van der Waals surface area contributed by atoms with Gasteiger partial charge in [-0.25, -0.2) is 4.98 Å². The molecule has 0 aliphatic heterocycles. The normalized spacial score (nSPS) is 10.5. The molecule has 4 aromatic rings. The topological polar surface area (TPSA) is 87.0 Å². The van der Waals surface area contributed by atoms with Crippen molar-refractivity contribution in [1.82, 2.24) is 9.97 Å². The highest BCUT2D eigenvalue weighted by atomic mass is 35.5. The van der Waals surface area contributed by atoms with E-state index in [0.717, 1.165) is 47.4 Å². The Morgan fingerprint density at radius 2 is 1.56 bits per heavy atom. The van der Waals surface area contributed by atoms with E-state index in [-0.39, 0.29) is 18.4 Å².